The SMILES string of the molecule is Cc1cccc(N(C)CC(=O)N(C)[C@@H]2CCS(=O)(=O)C2)c1C. The maximum absolute atomic E-state index is 12.4. The van der Waals surface area contributed by atoms with Crippen LogP contribution in [0.1, 0.15) is 17.5 Å². The molecular formula is C16H24N2O3S. The fraction of sp³-hybridized carbons (Fsp3) is 0.562. The van der Waals surface area contributed by atoms with Gasteiger partial charge in [-0.25, -0.2) is 8.42 Å². The topological polar surface area (TPSA) is 57.7 Å². The molecule has 1 aromatic carbocycles. The lowest BCUT2D eigenvalue weighted by Gasteiger charge is -2.28. The molecule has 0 bridgehead atoms. The molecule has 1 fully saturated rings. The van der Waals surface area contributed by atoms with Crippen molar-refractivity contribution in [2.45, 2.75) is 26.3 Å². The average Bonchev–Trinajstić information content (AvgIpc) is 2.81. The van der Waals surface area contributed by atoms with E-state index in [9.17, 15) is 13.2 Å². The minimum Gasteiger partial charge on any atom is -0.365 e. The van der Waals surface area contributed by atoms with Crippen molar-refractivity contribution >= 4 is 21.4 Å². The Balaban J connectivity index is 2.04. The molecule has 22 heavy (non-hydrogen) atoms. The molecule has 1 saturated heterocycles. The molecule has 0 saturated carbocycles. The minimum atomic E-state index is -2.97. The van der Waals surface area contributed by atoms with Gasteiger partial charge in [-0.3, -0.25) is 4.79 Å². The van der Waals surface area contributed by atoms with Crippen LogP contribution in [-0.2, 0) is 14.6 Å². The summed E-state index contributed by atoms with van der Waals surface area (Å²) >= 11 is 0. The number of carbonyl (C=O) groups excluding carboxylic acids is 1. The highest BCUT2D eigenvalue weighted by atomic mass is 32.2. The molecule has 5 nitrogen and oxygen atoms in total. The van der Waals surface area contributed by atoms with Crippen LogP contribution in [0.4, 0.5) is 5.69 Å². The molecule has 1 heterocycles. The van der Waals surface area contributed by atoms with Gasteiger partial charge >= 0.3 is 0 Å². The van der Waals surface area contributed by atoms with Crippen molar-refractivity contribution in [1.29, 1.82) is 0 Å². The van der Waals surface area contributed by atoms with Gasteiger partial charge in [-0.2, -0.15) is 0 Å². The number of rotatable bonds is 4. The predicted molar refractivity (Wildman–Crippen MR) is 89.0 cm³/mol. The van der Waals surface area contributed by atoms with E-state index in [-0.39, 0.29) is 30.0 Å². The minimum absolute atomic E-state index is 0.0505. The lowest BCUT2D eigenvalue weighted by molar-refractivity contribution is -0.130. The van der Waals surface area contributed by atoms with E-state index in [0.717, 1.165) is 11.3 Å². The Bertz CT molecular complexity index is 670. The van der Waals surface area contributed by atoms with Crippen LogP contribution in [0, 0.1) is 13.8 Å². The Kier molecular flexibility index (Phi) is 4.80. The molecule has 0 aromatic heterocycles. The third-order valence-electron chi connectivity index (χ3n) is 4.51. The molecule has 0 spiro atoms. The first kappa shape index (κ1) is 16.8. The first-order valence-corrected chi connectivity index (χ1v) is 9.27. The van der Waals surface area contributed by atoms with E-state index in [0.29, 0.717) is 6.42 Å². The van der Waals surface area contributed by atoms with Crippen LogP contribution in [0.2, 0.25) is 0 Å². The average molecular weight is 324 g/mol. The van der Waals surface area contributed by atoms with Gasteiger partial charge < -0.3 is 9.80 Å². The second-order valence-electron chi connectivity index (χ2n) is 6.14. The number of nitrogens with zero attached hydrogens (tertiary/aromatic N) is 2. The normalized spacial score (nSPS) is 19.9. The van der Waals surface area contributed by atoms with Crippen LogP contribution >= 0.6 is 0 Å². The summed E-state index contributed by atoms with van der Waals surface area (Å²) in [7, 11) is 0.613. The highest BCUT2D eigenvalue weighted by molar-refractivity contribution is 7.91. The van der Waals surface area contributed by atoms with Gasteiger partial charge in [0, 0.05) is 25.8 Å². The number of aryl methyl sites for hydroxylation is 1. The highest BCUT2D eigenvalue weighted by Gasteiger charge is 2.32. The van der Waals surface area contributed by atoms with E-state index >= 15 is 0 Å². The number of sulfone groups is 1. The Hall–Kier alpha value is -1.56. The van der Waals surface area contributed by atoms with Gasteiger partial charge in [0.1, 0.15) is 0 Å². The zero-order valence-corrected chi connectivity index (χ0v) is 14.5. The number of carbonyl (C=O) groups is 1. The van der Waals surface area contributed by atoms with Crippen molar-refractivity contribution in [3.63, 3.8) is 0 Å². The second-order valence-corrected chi connectivity index (χ2v) is 8.37. The summed E-state index contributed by atoms with van der Waals surface area (Å²) in [5, 5.41) is 0. The summed E-state index contributed by atoms with van der Waals surface area (Å²) in [5.41, 5.74) is 3.37. The molecule has 1 aliphatic heterocycles. The Morgan fingerprint density at radius 1 is 1.27 bits per heavy atom. The summed E-state index contributed by atoms with van der Waals surface area (Å²) in [6, 6.07) is 5.83. The van der Waals surface area contributed by atoms with E-state index in [4.69, 9.17) is 0 Å². The third kappa shape index (κ3) is 3.61. The van der Waals surface area contributed by atoms with Crippen LogP contribution in [0.3, 0.4) is 0 Å². The standard InChI is InChI=1S/C16H24N2O3S/c1-12-6-5-7-15(13(12)2)17(3)10-16(19)18(4)14-8-9-22(20,21)11-14/h5-7,14H,8-11H2,1-4H3/t14-/m1/s1. The van der Waals surface area contributed by atoms with E-state index in [1.165, 1.54) is 5.56 Å². The molecule has 1 aliphatic rings. The van der Waals surface area contributed by atoms with E-state index in [2.05, 4.69) is 0 Å². The summed E-state index contributed by atoms with van der Waals surface area (Å²) in [6.45, 7) is 4.33. The first-order valence-electron chi connectivity index (χ1n) is 7.44. The van der Waals surface area contributed by atoms with Gasteiger partial charge in [-0.1, -0.05) is 12.1 Å². The molecule has 0 N–H and O–H groups in total. The first-order chi connectivity index (χ1) is 10.2. The molecule has 1 atom stereocenters. The molecule has 0 radical (unpaired) electrons. The predicted octanol–water partition coefficient (Wildman–Crippen LogP) is 1.39. The number of hydrogen-bond acceptors (Lipinski definition) is 4. The van der Waals surface area contributed by atoms with Crippen LogP contribution in [0.25, 0.3) is 0 Å². The lowest BCUT2D eigenvalue weighted by Crippen LogP contribution is -2.43. The quantitative estimate of drug-likeness (QED) is 0.840. The molecule has 1 amide bonds. The maximum Gasteiger partial charge on any atom is 0.242 e. The van der Waals surface area contributed by atoms with Crippen molar-refractivity contribution in [3.8, 4) is 0 Å². The zero-order chi connectivity index (χ0) is 16.5. The highest BCUT2D eigenvalue weighted by Crippen LogP contribution is 2.22. The van der Waals surface area contributed by atoms with Gasteiger partial charge in [0.25, 0.3) is 0 Å². The number of amides is 1. The molecule has 1 aromatic rings. The van der Waals surface area contributed by atoms with E-state index in [1.807, 2.05) is 44.0 Å². The van der Waals surface area contributed by atoms with Crippen molar-refractivity contribution < 1.29 is 13.2 Å². The summed E-state index contributed by atoms with van der Waals surface area (Å²) in [4.78, 5) is 15.9. The summed E-state index contributed by atoms with van der Waals surface area (Å²) < 4.78 is 23.1. The van der Waals surface area contributed by atoms with E-state index in [1.54, 1.807) is 11.9 Å². The fourth-order valence-corrected chi connectivity index (χ4v) is 4.61. The van der Waals surface area contributed by atoms with Crippen molar-refractivity contribution in [3.05, 3.63) is 29.3 Å². The van der Waals surface area contributed by atoms with Gasteiger partial charge in [0.15, 0.2) is 9.84 Å². The molecule has 0 aliphatic carbocycles. The summed E-state index contributed by atoms with van der Waals surface area (Å²) in [6.07, 6.45) is 0.539. The van der Waals surface area contributed by atoms with Crippen LogP contribution < -0.4 is 4.90 Å². The van der Waals surface area contributed by atoms with Gasteiger partial charge in [-0.05, 0) is 37.5 Å². The number of likely N-dealkylation sites (N-methyl/N-ethyl adjacent to an activating group) is 2. The smallest absolute Gasteiger partial charge is 0.242 e. The number of benzene rings is 1. The van der Waals surface area contributed by atoms with Gasteiger partial charge in [0.05, 0.1) is 18.1 Å². The molecule has 122 valence electrons. The van der Waals surface area contributed by atoms with E-state index < -0.39 is 9.84 Å². The monoisotopic (exact) mass is 324 g/mol. The fourth-order valence-electron chi connectivity index (χ4n) is 2.83. The Labute approximate surface area is 132 Å². The molecule has 2 rings (SSSR count). The van der Waals surface area contributed by atoms with Crippen LogP contribution in [0.5, 0.6) is 0 Å². The van der Waals surface area contributed by atoms with Crippen LogP contribution in [0.15, 0.2) is 18.2 Å². The Morgan fingerprint density at radius 2 is 1.95 bits per heavy atom. The van der Waals surface area contributed by atoms with Gasteiger partial charge in [-0.15, -0.1) is 0 Å². The second kappa shape index (κ2) is 6.28. The number of anilines is 1. The summed E-state index contributed by atoms with van der Waals surface area (Å²) in [5.74, 6) is 0.218. The van der Waals surface area contributed by atoms with Gasteiger partial charge in [0.2, 0.25) is 5.91 Å². The molecule has 0 unspecified atom stereocenters. The number of hydrogen-bond donors (Lipinski definition) is 0. The molecule has 6 heteroatoms. The van der Waals surface area contributed by atoms with Crippen molar-refractivity contribution in [2.75, 3.05) is 37.0 Å². The molecular weight excluding hydrogens is 300 g/mol. The van der Waals surface area contributed by atoms with Crippen LogP contribution in [-0.4, -0.2) is 57.4 Å². The largest absolute Gasteiger partial charge is 0.365 e. The van der Waals surface area contributed by atoms with Crippen molar-refractivity contribution in [1.82, 2.24) is 4.90 Å². The zero-order valence-electron chi connectivity index (χ0n) is 13.7. The Morgan fingerprint density at radius 3 is 2.55 bits per heavy atom. The lowest BCUT2D eigenvalue weighted by atomic mass is 10.1. The third-order valence-corrected chi connectivity index (χ3v) is 6.26. The van der Waals surface area contributed by atoms with Crippen molar-refractivity contribution in [2.24, 2.45) is 0 Å². The maximum atomic E-state index is 12.4.